The lowest BCUT2D eigenvalue weighted by Gasteiger charge is -2.12. The second kappa shape index (κ2) is 4.77. The normalized spacial score (nSPS) is 21.3. The van der Waals surface area contributed by atoms with E-state index in [1.807, 2.05) is 0 Å². The fraction of sp³-hybridized carbons (Fsp3) is 0.545. The van der Waals surface area contributed by atoms with Crippen molar-refractivity contribution in [1.82, 2.24) is 9.97 Å². The van der Waals surface area contributed by atoms with Crippen LogP contribution < -0.4 is 9.47 Å². The molecule has 98 valence electrons. The van der Waals surface area contributed by atoms with Crippen molar-refractivity contribution < 1.29 is 23.7 Å². The maximum atomic E-state index is 10.8. The van der Waals surface area contributed by atoms with Gasteiger partial charge in [-0.1, -0.05) is 0 Å². The minimum Gasteiger partial charge on any atom is -0.477 e. The van der Waals surface area contributed by atoms with E-state index in [2.05, 4.69) is 9.97 Å². The molecule has 0 saturated carbocycles. The molecule has 18 heavy (non-hydrogen) atoms. The standard InChI is InChI=1S/C11H14N2O5/c1-7(14)17-5-11(6-18-11)8-4-12-9(15-2)10(13-8)16-3/h4H,5-6H2,1-3H3. The number of nitrogens with zero attached hydrogens (tertiary/aromatic N) is 2. The Bertz CT molecular complexity index is 459. The molecule has 0 aromatic carbocycles. The van der Waals surface area contributed by atoms with E-state index >= 15 is 0 Å². The molecule has 7 heteroatoms. The van der Waals surface area contributed by atoms with Crippen molar-refractivity contribution in [3.8, 4) is 11.8 Å². The van der Waals surface area contributed by atoms with Crippen molar-refractivity contribution in [2.24, 2.45) is 0 Å². The predicted octanol–water partition coefficient (Wildman–Crippen LogP) is 0.282. The molecule has 1 aromatic rings. The summed E-state index contributed by atoms with van der Waals surface area (Å²) in [6, 6.07) is 0. The van der Waals surface area contributed by atoms with E-state index in [1.165, 1.54) is 27.3 Å². The van der Waals surface area contributed by atoms with Gasteiger partial charge in [0.2, 0.25) is 0 Å². The minimum absolute atomic E-state index is 0.118. The van der Waals surface area contributed by atoms with E-state index < -0.39 is 5.60 Å². The molecular weight excluding hydrogens is 240 g/mol. The van der Waals surface area contributed by atoms with Crippen molar-refractivity contribution in [1.29, 1.82) is 0 Å². The van der Waals surface area contributed by atoms with Gasteiger partial charge in [0.05, 0.1) is 27.0 Å². The highest BCUT2D eigenvalue weighted by molar-refractivity contribution is 5.66. The number of ether oxygens (including phenoxy) is 4. The van der Waals surface area contributed by atoms with Crippen LogP contribution in [0.3, 0.4) is 0 Å². The quantitative estimate of drug-likeness (QED) is 0.551. The van der Waals surface area contributed by atoms with Gasteiger partial charge in [0.15, 0.2) is 5.60 Å². The number of epoxide rings is 1. The zero-order chi connectivity index (χ0) is 13.2. The Labute approximate surface area is 104 Å². The number of carbonyl (C=O) groups excluding carboxylic acids is 1. The van der Waals surface area contributed by atoms with Crippen molar-refractivity contribution >= 4 is 5.97 Å². The summed E-state index contributed by atoms with van der Waals surface area (Å²) in [4.78, 5) is 19.1. The molecule has 1 atom stereocenters. The maximum Gasteiger partial charge on any atom is 0.302 e. The lowest BCUT2D eigenvalue weighted by atomic mass is 10.1. The zero-order valence-electron chi connectivity index (χ0n) is 10.4. The second-order valence-electron chi connectivity index (χ2n) is 3.84. The number of carbonyl (C=O) groups is 1. The van der Waals surface area contributed by atoms with Gasteiger partial charge in [0.25, 0.3) is 11.8 Å². The van der Waals surface area contributed by atoms with Gasteiger partial charge in [-0.25, -0.2) is 9.97 Å². The summed E-state index contributed by atoms with van der Waals surface area (Å²) in [5.74, 6) is 0.204. The summed E-state index contributed by atoms with van der Waals surface area (Å²) in [5, 5.41) is 0. The van der Waals surface area contributed by atoms with E-state index in [4.69, 9.17) is 18.9 Å². The molecule has 0 amide bonds. The van der Waals surface area contributed by atoms with E-state index in [0.29, 0.717) is 18.2 Å². The lowest BCUT2D eigenvalue weighted by Crippen LogP contribution is -2.21. The molecule has 1 fully saturated rings. The maximum absolute atomic E-state index is 10.8. The van der Waals surface area contributed by atoms with Gasteiger partial charge < -0.3 is 18.9 Å². The van der Waals surface area contributed by atoms with E-state index in [0.717, 1.165) is 0 Å². The Kier molecular flexibility index (Phi) is 3.33. The Hall–Kier alpha value is -1.89. The largest absolute Gasteiger partial charge is 0.477 e. The SMILES string of the molecule is COc1ncc(C2(COC(C)=O)CO2)nc1OC. The molecule has 1 unspecified atom stereocenters. The van der Waals surface area contributed by atoms with Crippen molar-refractivity contribution in [2.45, 2.75) is 12.5 Å². The number of rotatable bonds is 5. The molecule has 0 radical (unpaired) electrons. The van der Waals surface area contributed by atoms with Crippen LogP contribution in [0.25, 0.3) is 0 Å². The fourth-order valence-electron chi connectivity index (χ4n) is 1.46. The Morgan fingerprint density at radius 3 is 2.61 bits per heavy atom. The first-order valence-electron chi connectivity index (χ1n) is 5.34. The Morgan fingerprint density at radius 2 is 2.11 bits per heavy atom. The lowest BCUT2D eigenvalue weighted by molar-refractivity contribution is -0.142. The Balaban J connectivity index is 2.20. The van der Waals surface area contributed by atoms with Crippen molar-refractivity contribution in [3.63, 3.8) is 0 Å². The summed E-state index contributed by atoms with van der Waals surface area (Å²) in [6.45, 7) is 1.90. The van der Waals surface area contributed by atoms with Crippen molar-refractivity contribution in [3.05, 3.63) is 11.9 Å². The number of aromatic nitrogens is 2. The second-order valence-corrected chi connectivity index (χ2v) is 3.84. The van der Waals surface area contributed by atoms with Gasteiger partial charge in [-0.15, -0.1) is 0 Å². The van der Waals surface area contributed by atoms with Crippen LogP contribution >= 0.6 is 0 Å². The fourth-order valence-corrected chi connectivity index (χ4v) is 1.46. The van der Waals surface area contributed by atoms with Crippen LogP contribution in [-0.2, 0) is 19.9 Å². The molecule has 0 spiro atoms. The highest BCUT2D eigenvalue weighted by Crippen LogP contribution is 2.39. The smallest absolute Gasteiger partial charge is 0.302 e. The number of methoxy groups -OCH3 is 2. The molecule has 1 aliphatic rings. The minimum atomic E-state index is -0.696. The predicted molar refractivity (Wildman–Crippen MR) is 59.4 cm³/mol. The molecule has 7 nitrogen and oxygen atoms in total. The molecule has 0 bridgehead atoms. The van der Waals surface area contributed by atoms with Gasteiger partial charge in [-0.2, -0.15) is 0 Å². The van der Waals surface area contributed by atoms with Crippen LogP contribution in [0.15, 0.2) is 6.20 Å². The highest BCUT2D eigenvalue weighted by atomic mass is 16.6. The van der Waals surface area contributed by atoms with Crippen LogP contribution in [0, 0.1) is 0 Å². The number of hydrogen-bond acceptors (Lipinski definition) is 7. The zero-order valence-corrected chi connectivity index (χ0v) is 10.4. The number of hydrogen-bond donors (Lipinski definition) is 0. The summed E-state index contributed by atoms with van der Waals surface area (Å²) >= 11 is 0. The average molecular weight is 254 g/mol. The van der Waals surface area contributed by atoms with Crippen molar-refractivity contribution in [2.75, 3.05) is 27.4 Å². The summed E-state index contributed by atoms with van der Waals surface area (Å²) in [6.07, 6.45) is 1.53. The van der Waals surface area contributed by atoms with Crippen LogP contribution in [0.2, 0.25) is 0 Å². The molecule has 1 saturated heterocycles. The summed E-state index contributed by atoms with van der Waals surface area (Å²) in [5.41, 5.74) is -0.139. The monoisotopic (exact) mass is 254 g/mol. The third kappa shape index (κ3) is 2.35. The van der Waals surface area contributed by atoms with E-state index in [1.54, 1.807) is 0 Å². The van der Waals surface area contributed by atoms with Crippen LogP contribution in [0.5, 0.6) is 11.8 Å². The average Bonchev–Trinajstić information content (AvgIpc) is 3.16. The number of esters is 1. The summed E-state index contributed by atoms with van der Waals surface area (Å²) in [7, 11) is 2.96. The van der Waals surface area contributed by atoms with Gasteiger partial charge in [-0.05, 0) is 0 Å². The first-order valence-corrected chi connectivity index (χ1v) is 5.34. The molecule has 1 aromatic heterocycles. The van der Waals surface area contributed by atoms with Crippen LogP contribution in [0.1, 0.15) is 12.6 Å². The van der Waals surface area contributed by atoms with Gasteiger partial charge in [0, 0.05) is 6.92 Å². The Morgan fingerprint density at radius 1 is 1.44 bits per heavy atom. The van der Waals surface area contributed by atoms with Crippen LogP contribution in [0.4, 0.5) is 0 Å². The molecule has 2 heterocycles. The molecule has 2 rings (SSSR count). The van der Waals surface area contributed by atoms with Gasteiger partial charge in [0.1, 0.15) is 12.3 Å². The first kappa shape index (κ1) is 12.6. The van der Waals surface area contributed by atoms with Crippen LogP contribution in [-0.4, -0.2) is 43.4 Å². The molecule has 0 aliphatic carbocycles. The van der Waals surface area contributed by atoms with Gasteiger partial charge >= 0.3 is 5.97 Å². The third-order valence-corrected chi connectivity index (χ3v) is 2.56. The topological polar surface area (TPSA) is 83.1 Å². The van der Waals surface area contributed by atoms with E-state index in [-0.39, 0.29) is 18.5 Å². The van der Waals surface area contributed by atoms with Gasteiger partial charge in [-0.3, -0.25) is 4.79 Å². The first-order chi connectivity index (χ1) is 8.61. The van der Waals surface area contributed by atoms with E-state index in [9.17, 15) is 4.79 Å². The molecule has 0 N–H and O–H groups in total. The third-order valence-electron chi connectivity index (χ3n) is 2.56. The molecular formula is C11H14N2O5. The summed E-state index contributed by atoms with van der Waals surface area (Å²) < 4.78 is 20.3. The highest BCUT2D eigenvalue weighted by Gasteiger charge is 2.50. The molecule has 1 aliphatic heterocycles.